The van der Waals surface area contributed by atoms with E-state index in [0.29, 0.717) is 55.8 Å². The maximum atomic E-state index is 14.6. The largest absolute Gasteiger partial charge is 2.00 e. The Labute approximate surface area is 436 Å². The summed E-state index contributed by atoms with van der Waals surface area (Å²) in [5.41, 5.74) is 12.3. The number of aliphatic imine (C=N–C) groups is 1. The molecular formula is C65H56N4NiO3. The molecule has 2 aromatic heterocycles. The van der Waals surface area contributed by atoms with E-state index in [4.69, 9.17) is 24.7 Å². The topological polar surface area (TPSA) is 96.3 Å². The van der Waals surface area contributed by atoms with Crippen LogP contribution in [0.15, 0.2) is 173 Å². The first-order chi connectivity index (χ1) is 34.3. The predicted molar refractivity (Wildman–Crippen MR) is 290 cm³/mol. The number of nitrogens with zero attached hydrogens (tertiary/aromatic N) is 4. The molecule has 5 heterocycles. The Morgan fingerprint density at radius 2 is 1.11 bits per heavy atom. The van der Waals surface area contributed by atoms with Crippen molar-refractivity contribution in [2.75, 3.05) is 0 Å². The van der Waals surface area contributed by atoms with Gasteiger partial charge in [-0.25, -0.2) is 14.8 Å². The fraction of sp³-hybridized carbons (Fsp3) is 0.200. The number of ether oxygens (including phenoxy) is 1. The summed E-state index contributed by atoms with van der Waals surface area (Å²) in [6, 6.07) is 48.9. The minimum atomic E-state index is -0.548. The number of ketones is 1. The Hall–Kier alpha value is -7.67. The fourth-order valence-corrected chi connectivity index (χ4v) is 10.1. The monoisotopic (exact) mass is 998 g/mol. The van der Waals surface area contributed by atoms with Crippen molar-refractivity contribution in [1.82, 2.24) is 9.97 Å². The third-order valence-electron chi connectivity index (χ3n) is 14.1. The van der Waals surface area contributed by atoms with Crippen molar-refractivity contribution < 1.29 is 30.8 Å². The Bertz CT molecular complexity index is 3940. The molecule has 0 unspecified atom stereocenters. The molecule has 0 spiro atoms. The second-order valence-electron chi connectivity index (χ2n) is 22.2. The van der Waals surface area contributed by atoms with Crippen LogP contribution in [0, 0.1) is 10.6 Å². The van der Waals surface area contributed by atoms with Crippen molar-refractivity contribution in [3.63, 3.8) is 0 Å². The van der Waals surface area contributed by atoms with Crippen LogP contribution in [0.2, 0.25) is 0 Å². The van der Waals surface area contributed by atoms with Crippen molar-refractivity contribution in [2.45, 2.75) is 85.5 Å². The van der Waals surface area contributed by atoms with Crippen molar-refractivity contribution in [3.05, 3.63) is 241 Å². The molecule has 364 valence electrons. The number of aromatic nitrogens is 2. The SMILES string of the molecule is CC(=O)c1cc2[n-]c1C(c1ccc(C(C)(C)C)cc1)=C1C=CC(=N1)C(c1ccc(C(C)(C)C)cc1)=c1ccc([n-]1)=c1c3c(c(-c4ccccc4)c4cc(C(C)(C)C)ccc14)C(OC(=O)c1ccccc1)=C2N=3.[Ni+2]. The molecule has 0 amide bonds. The van der Waals surface area contributed by atoms with Crippen molar-refractivity contribution >= 4 is 50.8 Å². The molecule has 3 aliphatic heterocycles. The standard InChI is InChI=1S/C65H57N4O3.Ni/c1-37(70)46-36-52-59-61(72-62(71)41-19-15-12-16-20-41)57-53(38-17-13-11-14-18-38)47-35-44(65(8,9)10)29-30-45(47)56(60(57)69-59)51-34-32-49(67-51)54(39-21-25-42(26-22-39)63(2,3)4)48-31-33-50(66-48)55(58(46)68-52)40-23-27-43(28-24-40)64(5,6)7;/h11-36H,1-10H3,(H-,66,67,68,69,70);/q-1;+2/p-1. The quantitative estimate of drug-likeness (QED) is 0.0939. The van der Waals surface area contributed by atoms with Crippen molar-refractivity contribution in [3.8, 4) is 11.1 Å². The number of hydrogen-bond acceptors (Lipinski definition) is 5. The summed E-state index contributed by atoms with van der Waals surface area (Å²) in [4.78, 5) is 50.9. The molecule has 8 bridgehead atoms. The van der Waals surface area contributed by atoms with Gasteiger partial charge in [0.1, 0.15) is 0 Å². The fourth-order valence-electron chi connectivity index (χ4n) is 10.1. The maximum absolute atomic E-state index is 14.6. The van der Waals surface area contributed by atoms with Crippen LogP contribution in [0.1, 0.15) is 135 Å². The van der Waals surface area contributed by atoms with E-state index in [2.05, 4.69) is 153 Å². The number of hydrogen-bond donors (Lipinski definition) is 0. The normalized spacial score (nSPS) is 14.2. The molecule has 0 N–H and O–H groups in total. The molecule has 3 aliphatic rings. The molecule has 0 aliphatic carbocycles. The van der Waals surface area contributed by atoms with Gasteiger partial charge in [-0.15, -0.1) is 22.1 Å². The van der Waals surface area contributed by atoms with Gasteiger partial charge in [0.05, 0.1) is 33.6 Å². The molecule has 0 saturated heterocycles. The molecular weight excluding hydrogens is 943 g/mol. The summed E-state index contributed by atoms with van der Waals surface area (Å²) in [7, 11) is 0. The molecule has 7 nitrogen and oxygen atoms in total. The van der Waals surface area contributed by atoms with Gasteiger partial charge >= 0.3 is 22.5 Å². The summed E-state index contributed by atoms with van der Waals surface area (Å²) in [6.45, 7) is 21.4. The second-order valence-corrected chi connectivity index (χ2v) is 22.2. The van der Waals surface area contributed by atoms with Gasteiger partial charge in [0, 0.05) is 11.1 Å². The van der Waals surface area contributed by atoms with Crippen LogP contribution < -0.4 is 20.7 Å². The molecule has 0 saturated carbocycles. The molecule has 0 fully saturated rings. The summed E-state index contributed by atoms with van der Waals surface area (Å²) < 4.78 is 6.76. The number of allylic oxidation sites excluding steroid dienone is 2. The second kappa shape index (κ2) is 18.1. The van der Waals surface area contributed by atoms with Crippen LogP contribution in [0.5, 0.6) is 0 Å². The molecule has 0 atom stereocenters. The Morgan fingerprint density at radius 3 is 1.71 bits per heavy atom. The first kappa shape index (κ1) is 48.9. The molecule has 0 radical (unpaired) electrons. The zero-order chi connectivity index (χ0) is 50.4. The van der Waals surface area contributed by atoms with E-state index >= 15 is 0 Å². The Kier molecular flexibility index (Phi) is 12.1. The number of rotatable bonds is 6. The van der Waals surface area contributed by atoms with E-state index in [1.54, 1.807) is 25.1 Å². The first-order valence-electron chi connectivity index (χ1n) is 24.7. The van der Waals surface area contributed by atoms with Gasteiger partial charge in [-0.2, -0.15) is 0 Å². The number of fused-ring (bicyclic) bond motifs is 9. The van der Waals surface area contributed by atoms with Gasteiger partial charge in [0.15, 0.2) is 11.5 Å². The molecule has 73 heavy (non-hydrogen) atoms. The van der Waals surface area contributed by atoms with Gasteiger partial charge in [0.2, 0.25) is 0 Å². The third-order valence-corrected chi connectivity index (χ3v) is 14.1. The number of esters is 1. The third kappa shape index (κ3) is 8.72. The zero-order valence-corrected chi connectivity index (χ0v) is 43.8. The summed E-state index contributed by atoms with van der Waals surface area (Å²) >= 11 is 0. The van der Waals surface area contributed by atoms with E-state index in [0.717, 1.165) is 60.4 Å². The van der Waals surface area contributed by atoms with E-state index in [1.165, 1.54) is 11.1 Å². The van der Waals surface area contributed by atoms with E-state index < -0.39 is 5.97 Å². The predicted octanol–water partition coefficient (Wildman–Crippen LogP) is 13.1. The minimum absolute atomic E-state index is 0. The molecule has 6 aromatic carbocycles. The average molecular weight is 1000 g/mol. The van der Waals surface area contributed by atoms with E-state index in [1.807, 2.05) is 48.6 Å². The van der Waals surface area contributed by atoms with Gasteiger partial charge in [-0.3, -0.25) is 4.79 Å². The van der Waals surface area contributed by atoms with Crippen LogP contribution in [0.3, 0.4) is 0 Å². The smallest absolute Gasteiger partial charge is 0.657 e. The van der Waals surface area contributed by atoms with Crippen LogP contribution in [-0.4, -0.2) is 17.5 Å². The van der Waals surface area contributed by atoms with Gasteiger partial charge in [0.25, 0.3) is 0 Å². The van der Waals surface area contributed by atoms with Crippen LogP contribution in [-0.2, 0) is 37.5 Å². The van der Waals surface area contributed by atoms with Crippen LogP contribution in [0.25, 0.3) is 44.5 Å². The Morgan fingerprint density at radius 1 is 0.534 bits per heavy atom. The zero-order valence-electron chi connectivity index (χ0n) is 42.8. The first-order valence-corrected chi connectivity index (χ1v) is 24.7. The number of benzene rings is 6. The maximum Gasteiger partial charge on any atom is 2.00 e. The molecule has 8 aromatic rings. The summed E-state index contributed by atoms with van der Waals surface area (Å²) in [6.07, 6.45) is 4.06. The van der Waals surface area contributed by atoms with Gasteiger partial charge in [-0.05, 0) is 114 Å². The summed E-state index contributed by atoms with van der Waals surface area (Å²) in [5, 5.41) is 4.71. The van der Waals surface area contributed by atoms with Crippen LogP contribution in [0.4, 0.5) is 0 Å². The molecule has 8 heteroatoms. The van der Waals surface area contributed by atoms with Crippen molar-refractivity contribution in [1.29, 1.82) is 0 Å². The van der Waals surface area contributed by atoms with E-state index in [9.17, 15) is 9.59 Å². The minimum Gasteiger partial charge on any atom is -0.657 e. The number of carbonyl (C=O) groups excluding carboxylic acids is 2. The number of carbonyl (C=O) groups is 2. The Balaban J connectivity index is 0.00000611. The average Bonchev–Trinajstić information content (AvgIpc) is 4.19. The van der Waals surface area contributed by atoms with E-state index in [-0.39, 0.29) is 44.3 Å². The van der Waals surface area contributed by atoms with Crippen LogP contribution >= 0.6 is 0 Å². The number of Topliss-reactive ketones (excluding diaryl/α,β-unsaturated/α-hetero) is 1. The summed E-state index contributed by atoms with van der Waals surface area (Å²) in [5.74, 6) is -0.478. The van der Waals surface area contributed by atoms with Gasteiger partial charge < -0.3 is 14.7 Å². The molecule has 11 rings (SSSR count). The van der Waals surface area contributed by atoms with Gasteiger partial charge in [-0.1, -0.05) is 190 Å². The van der Waals surface area contributed by atoms with Crippen molar-refractivity contribution in [2.24, 2.45) is 9.98 Å².